The zero-order valence-corrected chi connectivity index (χ0v) is 46.5. The Morgan fingerprint density at radius 3 is 1.48 bits per heavy atom. The number of ether oxygens (including phenoxy) is 3. The Morgan fingerprint density at radius 1 is 0.548 bits per heavy atom. The van der Waals surface area contributed by atoms with Gasteiger partial charge < -0.3 is 45.1 Å². The molecule has 0 bridgehead atoms. The lowest BCUT2D eigenvalue weighted by molar-refractivity contribution is -0.305. The molecule has 11 nitrogen and oxygen atoms in total. The van der Waals surface area contributed by atoms with Crippen LogP contribution in [0.1, 0.15) is 245 Å². The Balaban J connectivity index is 2.63. The minimum absolute atomic E-state index is 0.109. The lowest BCUT2D eigenvalue weighted by Gasteiger charge is -2.41. The van der Waals surface area contributed by atoms with Gasteiger partial charge in [-0.3, -0.25) is 9.59 Å². The number of esters is 1. The maximum Gasteiger partial charge on any atom is 0.306 e. The van der Waals surface area contributed by atoms with Crippen molar-refractivity contribution in [2.24, 2.45) is 0 Å². The van der Waals surface area contributed by atoms with Gasteiger partial charge in [0.05, 0.1) is 25.4 Å². The summed E-state index contributed by atoms with van der Waals surface area (Å²) in [6.07, 6.45) is 52.4. The van der Waals surface area contributed by atoms with Crippen LogP contribution in [0.5, 0.6) is 0 Å². The standard InChI is InChI=1S/C62H109NO10/c1-4-7-10-13-16-19-22-23-24-25-26-27-28-29-30-31-32-33-35-38-41-44-47-50-57(67)73-60-59(69)58(68)56(51-64)72-62(60)71-52-53(54(65)48-45-42-39-37-34-20-17-14-11-8-5-2)63-61(70)55(66)49-46-43-40-36-21-18-15-12-9-6-3/h7,10,16,19,23-24,26-27,29-30,45,48,53-56,58-60,62,64-66,68-69H,4-6,8-9,11-15,17-18,20-22,25,28,31-44,46-47,49-52H2,1-3H3,(H,63,70)/b10-7-,19-16-,24-23-,27-26-,30-29-,48-45+. The Bertz CT molecular complexity index is 1460. The molecule has 0 aromatic rings. The van der Waals surface area contributed by atoms with Crippen molar-refractivity contribution < 1.29 is 49.3 Å². The van der Waals surface area contributed by atoms with Crippen LogP contribution in [-0.2, 0) is 23.8 Å². The molecule has 73 heavy (non-hydrogen) atoms. The van der Waals surface area contributed by atoms with E-state index in [4.69, 9.17) is 14.2 Å². The lowest BCUT2D eigenvalue weighted by atomic mass is 9.99. The number of allylic oxidation sites excluding steroid dienone is 11. The molecule has 0 spiro atoms. The fourth-order valence-corrected chi connectivity index (χ4v) is 8.91. The molecule has 1 heterocycles. The van der Waals surface area contributed by atoms with E-state index >= 15 is 0 Å². The summed E-state index contributed by atoms with van der Waals surface area (Å²) in [5.41, 5.74) is 0. The number of hydrogen-bond donors (Lipinski definition) is 6. The molecule has 1 aliphatic heterocycles. The predicted molar refractivity (Wildman–Crippen MR) is 301 cm³/mol. The van der Waals surface area contributed by atoms with Gasteiger partial charge in [-0.05, 0) is 70.6 Å². The number of aliphatic hydroxyl groups excluding tert-OH is 5. The highest BCUT2D eigenvalue weighted by Crippen LogP contribution is 2.26. The second-order valence-corrected chi connectivity index (χ2v) is 20.4. The second kappa shape index (κ2) is 49.9. The molecule has 8 atom stereocenters. The van der Waals surface area contributed by atoms with Gasteiger partial charge in [0.2, 0.25) is 5.91 Å². The minimum Gasteiger partial charge on any atom is -0.454 e. The van der Waals surface area contributed by atoms with Gasteiger partial charge >= 0.3 is 5.97 Å². The Kier molecular flexibility index (Phi) is 46.6. The highest BCUT2D eigenvalue weighted by atomic mass is 16.7. The third-order valence-corrected chi connectivity index (χ3v) is 13.6. The van der Waals surface area contributed by atoms with Crippen LogP contribution in [0.15, 0.2) is 72.9 Å². The van der Waals surface area contributed by atoms with E-state index < -0.39 is 67.4 Å². The molecule has 0 aliphatic carbocycles. The summed E-state index contributed by atoms with van der Waals surface area (Å²) < 4.78 is 17.6. The summed E-state index contributed by atoms with van der Waals surface area (Å²) in [5, 5.41) is 56.7. The molecule has 8 unspecified atom stereocenters. The SMILES string of the molecule is CC/C=C\C/C=C\C/C=C\C/C=C\C/C=C\CCCCCCCCCC(=O)OC1C(OCC(NC(=O)C(O)CCCCCCCCCCCC)C(O)/C=C/CCCCCCCCCCC)OC(CO)C(O)C1O. The Labute approximate surface area is 445 Å². The van der Waals surface area contributed by atoms with E-state index in [1.165, 1.54) is 83.5 Å². The highest BCUT2D eigenvalue weighted by Gasteiger charge is 2.47. The average Bonchev–Trinajstić information content (AvgIpc) is 3.39. The van der Waals surface area contributed by atoms with Gasteiger partial charge in [-0.25, -0.2) is 0 Å². The fourth-order valence-electron chi connectivity index (χ4n) is 8.91. The number of hydrogen-bond acceptors (Lipinski definition) is 10. The van der Waals surface area contributed by atoms with Crippen LogP contribution in [0.4, 0.5) is 0 Å². The van der Waals surface area contributed by atoms with Gasteiger partial charge in [0, 0.05) is 6.42 Å². The van der Waals surface area contributed by atoms with Crippen LogP contribution in [-0.4, -0.2) is 99.6 Å². The van der Waals surface area contributed by atoms with E-state index in [2.05, 4.69) is 86.8 Å². The quantitative estimate of drug-likeness (QED) is 0.0195. The van der Waals surface area contributed by atoms with E-state index in [1.807, 2.05) is 6.08 Å². The molecule has 422 valence electrons. The first-order chi connectivity index (χ1) is 35.7. The van der Waals surface area contributed by atoms with Crippen molar-refractivity contribution in [3.8, 4) is 0 Å². The highest BCUT2D eigenvalue weighted by molar-refractivity contribution is 5.80. The van der Waals surface area contributed by atoms with Crippen LogP contribution in [0.2, 0.25) is 0 Å². The number of carbonyl (C=O) groups is 2. The molecule has 6 N–H and O–H groups in total. The largest absolute Gasteiger partial charge is 0.454 e. The third-order valence-electron chi connectivity index (χ3n) is 13.6. The summed E-state index contributed by atoms with van der Waals surface area (Å²) in [7, 11) is 0. The van der Waals surface area contributed by atoms with Crippen molar-refractivity contribution in [2.75, 3.05) is 13.2 Å². The topological polar surface area (TPSA) is 175 Å². The van der Waals surface area contributed by atoms with Crippen LogP contribution in [0.3, 0.4) is 0 Å². The molecule has 1 rings (SSSR count). The molecule has 0 saturated carbocycles. The molecular formula is C62H109NO10. The van der Waals surface area contributed by atoms with Crippen molar-refractivity contribution in [2.45, 2.75) is 294 Å². The van der Waals surface area contributed by atoms with Crippen LogP contribution < -0.4 is 5.32 Å². The number of rotatable bonds is 49. The molecule has 1 saturated heterocycles. The monoisotopic (exact) mass is 1030 g/mol. The zero-order chi connectivity index (χ0) is 53.3. The molecule has 1 amide bonds. The number of carbonyl (C=O) groups excluding carboxylic acids is 2. The number of amides is 1. The molecule has 0 aromatic heterocycles. The van der Waals surface area contributed by atoms with E-state index in [-0.39, 0.29) is 13.0 Å². The first-order valence-electron chi connectivity index (χ1n) is 29.7. The van der Waals surface area contributed by atoms with Crippen molar-refractivity contribution >= 4 is 11.9 Å². The molecule has 1 aliphatic rings. The molecule has 0 radical (unpaired) electrons. The summed E-state index contributed by atoms with van der Waals surface area (Å²) in [6, 6.07) is -1.02. The Morgan fingerprint density at radius 2 is 0.986 bits per heavy atom. The van der Waals surface area contributed by atoms with Gasteiger partial charge in [-0.1, -0.05) is 241 Å². The number of unbranched alkanes of at least 4 members (excludes halogenated alkanes) is 25. The van der Waals surface area contributed by atoms with Gasteiger partial charge in [0.1, 0.15) is 24.4 Å². The van der Waals surface area contributed by atoms with Gasteiger partial charge in [-0.15, -0.1) is 0 Å². The molecule has 0 aromatic carbocycles. The summed E-state index contributed by atoms with van der Waals surface area (Å²) in [5.74, 6) is -1.21. The minimum atomic E-state index is -1.62. The van der Waals surface area contributed by atoms with Crippen molar-refractivity contribution in [1.29, 1.82) is 0 Å². The summed E-state index contributed by atoms with van der Waals surface area (Å²) >= 11 is 0. The molecular weight excluding hydrogens is 919 g/mol. The van der Waals surface area contributed by atoms with E-state index in [0.717, 1.165) is 116 Å². The maximum absolute atomic E-state index is 13.3. The molecule has 11 heteroatoms. The lowest BCUT2D eigenvalue weighted by Crippen LogP contribution is -2.61. The Hall–Kier alpha value is -2.90. The van der Waals surface area contributed by atoms with Gasteiger partial charge in [-0.2, -0.15) is 0 Å². The van der Waals surface area contributed by atoms with E-state index in [9.17, 15) is 35.1 Å². The zero-order valence-electron chi connectivity index (χ0n) is 46.5. The van der Waals surface area contributed by atoms with E-state index in [1.54, 1.807) is 6.08 Å². The third kappa shape index (κ3) is 38.3. The number of aliphatic hydroxyl groups is 5. The first-order valence-corrected chi connectivity index (χ1v) is 29.7. The van der Waals surface area contributed by atoms with Crippen LogP contribution in [0.25, 0.3) is 0 Å². The van der Waals surface area contributed by atoms with Crippen LogP contribution in [0, 0.1) is 0 Å². The summed E-state index contributed by atoms with van der Waals surface area (Å²) in [6.45, 7) is 5.63. The van der Waals surface area contributed by atoms with Gasteiger partial charge in [0.15, 0.2) is 12.4 Å². The van der Waals surface area contributed by atoms with E-state index in [0.29, 0.717) is 19.3 Å². The first kappa shape index (κ1) is 68.1. The average molecular weight is 1030 g/mol. The predicted octanol–water partition coefficient (Wildman–Crippen LogP) is 13.6. The smallest absolute Gasteiger partial charge is 0.306 e. The maximum atomic E-state index is 13.3. The number of nitrogens with one attached hydrogen (secondary N) is 1. The second-order valence-electron chi connectivity index (χ2n) is 20.4. The molecule has 1 fully saturated rings. The normalized spacial score (nSPS) is 19.9. The van der Waals surface area contributed by atoms with Crippen molar-refractivity contribution in [1.82, 2.24) is 5.32 Å². The van der Waals surface area contributed by atoms with Crippen molar-refractivity contribution in [3.05, 3.63) is 72.9 Å². The van der Waals surface area contributed by atoms with Crippen LogP contribution >= 0.6 is 0 Å². The summed E-state index contributed by atoms with van der Waals surface area (Å²) in [4.78, 5) is 26.4. The fraction of sp³-hybridized carbons (Fsp3) is 0.774. The van der Waals surface area contributed by atoms with Crippen molar-refractivity contribution in [3.63, 3.8) is 0 Å². The van der Waals surface area contributed by atoms with Gasteiger partial charge in [0.25, 0.3) is 0 Å².